The van der Waals surface area contributed by atoms with Gasteiger partial charge in [-0.3, -0.25) is 4.79 Å². The number of hydrogen-bond donors (Lipinski definition) is 2. The number of anilines is 1. The molecule has 0 saturated carbocycles. The van der Waals surface area contributed by atoms with Gasteiger partial charge in [0, 0.05) is 11.4 Å². The normalized spacial score (nSPS) is 19.2. The van der Waals surface area contributed by atoms with E-state index in [1.54, 1.807) is 11.8 Å². The molecule has 1 heterocycles. The molecule has 1 amide bonds. The van der Waals surface area contributed by atoms with Crippen LogP contribution in [-0.2, 0) is 4.79 Å². The van der Waals surface area contributed by atoms with Gasteiger partial charge in [0.05, 0.1) is 5.69 Å². The van der Waals surface area contributed by atoms with Gasteiger partial charge >= 0.3 is 0 Å². The molecule has 1 aromatic carbocycles. The van der Waals surface area contributed by atoms with Crippen LogP contribution in [0.15, 0.2) is 17.0 Å². The van der Waals surface area contributed by atoms with E-state index in [1.165, 1.54) is 10.5 Å². The van der Waals surface area contributed by atoms with Crippen LogP contribution in [0.2, 0.25) is 0 Å². The van der Waals surface area contributed by atoms with Gasteiger partial charge in [0.25, 0.3) is 0 Å². The molecule has 4 heteroatoms. The van der Waals surface area contributed by atoms with E-state index in [0.717, 1.165) is 11.3 Å². The molecule has 0 saturated heterocycles. The Morgan fingerprint density at radius 3 is 2.75 bits per heavy atom. The van der Waals surface area contributed by atoms with Gasteiger partial charge in [-0.2, -0.15) is 0 Å². The molecule has 0 fully saturated rings. The van der Waals surface area contributed by atoms with Crippen LogP contribution in [0.1, 0.15) is 11.1 Å². The number of benzene rings is 1. The maximum Gasteiger partial charge on any atom is 0.239 e. The van der Waals surface area contributed by atoms with Crippen molar-refractivity contribution in [2.24, 2.45) is 0 Å². The third-order valence-corrected chi connectivity index (χ3v) is 4.18. The topological polar surface area (TPSA) is 41.1 Å². The highest BCUT2D eigenvalue weighted by molar-refractivity contribution is 8.01. The lowest BCUT2D eigenvalue weighted by Crippen LogP contribution is -2.36. The first-order valence-corrected chi connectivity index (χ1v) is 6.23. The number of aryl methyl sites for hydroxylation is 2. The summed E-state index contributed by atoms with van der Waals surface area (Å²) < 4.78 is 0. The molecule has 2 N–H and O–H groups in total. The fourth-order valence-corrected chi connectivity index (χ4v) is 3.10. The number of carbonyl (C=O) groups excluding carboxylic acids is 1. The largest absolute Gasteiger partial charge is 0.324 e. The third-order valence-electron chi connectivity index (χ3n) is 2.75. The van der Waals surface area contributed by atoms with E-state index >= 15 is 0 Å². The van der Waals surface area contributed by atoms with Crippen molar-refractivity contribution in [1.82, 2.24) is 5.32 Å². The standard InChI is InChI=1S/C12H16N2OS/c1-7-4-5-8(2)11-10(7)14-12(15)9(16-11)6-13-3/h4-5,9,13H,6H2,1-3H3,(H,14,15). The molecule has 0 radical (unpaired) electrons. The number of fused-ring (bicyclic) bond motifs is 1. The lowest BCUT2D eigenvalue weighted by molar-refractivity contribution is -0.115. The molecule has 0 bridgehead atoms. The number of carbonyl (C=O) groups is 1. The van der Waals surface area contributed by atoms with Crippen LogP contribution in [-0.4, -0.2) is 24.7 Å². The minimum atomic E-state index is -0.0296. The van der Waals surface area contributed by atoms with Crippen LogP contribution in [0.4, 0.5) is 5.69 Å². The monoisotopic (exact) mass is 236 g/mol. The van der Waals surface area contributed by atoms with Crippen LogP contribution in [0, 0.1) is 13.8 Å². The molecule has 1 aromatic rings. The smallest absolute Gasteiger partial charge is 0.239 e. The Morgan fingerprint density at radius 2 is 2.06 bits per heavy atom. The van der Waals surface area contributed by atoms with E-state index in [1.807, 2.05) is 20.0 Å². The Kier molecular flexibility index (Phi) is 3.21. The van der Waals surface area contributed by atoms with Crippen molar-refractivity contribution in [2.45, 2.75) is 24.0 Å². The number of nitrogens with one attached hydrogen (secondary N) is 2. The highest BCUT2D eigenvalue weighted by Crippen LogP contribution is 2.39. The lowest BCUT2D eigenvalue weighted by atomic mass is 10.1. The predicted molar refractivity (Wildman–Crippen MR) is 68.1 cm³/mol. The maximum atomic E-state index is 11.8. The summed E-state index contributed by atoms with van der Waals surface area (Å²) in [6.07, 6.45) is 0. The zero-order chi connectivity index (χ0) is 11.7. The molecule has 1 unspecified atom stereocenters. The van der Waals surface area contributed by atoms with E-state index in [2.05, 4.69) is 23.6 Å². The van der Waals surface area contributed by atoms with Crippen LogP contribution in [0.25, 0.3) is 0 Å². The second kappa shape index (κ2) is 4.47. The highest BCUT2D eigenvalue weighted by atomic mass is 32.2. The lowest BCUT2D eigenvalue weighted by Gasteiger charge is -2.26. The van der Waals surface area contributed by atoms with Crippen molar-refractivity contribution < 1.29 is 4.79 Å². The van der Waals surface area contributed by atoms with Crippen LogP contribution in [0.5, 0.6) is 0 Å². The first-order chi connectivity index (χ1) is 7.63. The molecule has 16 heavy (non-hydrogen) atoms. The molecule has 1 aliphatic rings. The van der Waals surface area contributed by atoms with Crippen molar-refractivity contribution in [3.8, 4) is 0 Å². The Bertz CT molecular complexity index is 431. The zero-order valence-electron chi connectivity index (χ0n) is 9.76. The summed E-state index contributed by atoms with van der Waals surface area (Å²) >= 11 is 1.66. The van der Waals surface area contributed by atoms with Gasteiger partial charge in [0.2, 0.25) is 5.91 Å². The van der Waals surface area contributed by atoms with Gasteiger partial charge in [-0.25, -0.2) is 0 Å². The molecule has 0 aromatic heterocycles. The molecule has 0 spiro atoms. The minimum absolute atomic E-state index is 0.0296. The molecule has 2 rings (SSSR count). The Morgan fingerprint density at radius 1 is 1.38 bits per heavy atom. The van der Waals surface area contributed by atoms with Crippen molar-refractivity contribution in [2.75, 3.05) is 18.9 Å². The quantitative estimate of drug-likeness (QED) is 0.824. The van der Waals surface area contributed by atoms with Gasteiger partial charge in [0.15, 0.2) is 0 Å². The fourth-order valence-electron chi connectivity index (χ4n) is 1.81. The average Bonchev–Trinajstić information content (AvgIpc) is 2.26. The number of rotatable bonds is 2. The molecular formula is C12H16N2OS. The van der Waals surface area contributed by atoms with E-state index in [0.29, 0.717) is 6.54 Å². The number of hydrogen-bond acceptors (Lipinski definition) is 3. The van der Waals surface area contributed by atoms with Crippen LogP contribution in [0.3, 0.4) is 0 Å². The maximum absolute atomic E-state index is 11.8. The summed E-state index contributed by atoms with van der Waals surface area (Å²) in [5.74, 6) is 0.0977. The predicted octanol–water partition coefficient (Wildman–Crippen LogP) is 1.94. The second-order valence-corrected chi connectivity index (χ2v) is 5.27. The minimum Gasteiger partial charge on any atom is -0.324 e. The summed E-state index contributed by atoms with van der Waals surface area (Å²) in [6, 6.07) is 4.16. The van der Waals surface area contributed by atoms with Crippen molar-refractivity contribution in [3.05, 3.63) is 23.3 Å². The molecule has 3 nitrogen and oxygen atoms in total. The summed E-state index contributed by atoms with van der Waals surface area (Å²) in [6.45, 7) is 4.81. The van der Waals surface area contributed by atoms with Crippen LogP contribution >= 0.6 is 11.8 Å². The molecule has 1 aliphatic heterocycles. The molecule has 86 valence electrons. The summed E-state index contributed by atoms with van der Waals surface area (Å²) in [7, 11) is 1.87. The van der Waals surface area contributed by atoms with Gasteiger partial charge in [-0.15, -0.1) is 11.8 Å². The van der Waals surface area contributed by atoms with Gasteiger partial charge in [0.1, 0.15) is 5.25 Å². The van der Waals surface area contributed by atoms with Gasteiger partial charge in [-0.1, -0.05) is 12.1 Å². The number of amides is 1. The fraction of sp³-hybridized carbons (Fsp3) is 0.417. The van der Waals surface area contributed by atoms with E-state index in [-0.39, 0.29) is 11.2 Å². The zero-order valence-corrected chi connectivity index (χ0v) is 10.6. The third kappa shape index (κ3) is 1.95. The Balaban J connectivity index is 2.38. The average molecular weight is 236 g/mol. The molecule has 1 atom stereocenters. The molecular weight excluding hydrogens is 220 g/mol. The van der Waals surface area contributed by atoms with Crippen molar-refractivity contribution in [1.29, 1.82) is 0 Å². The number of thioether (sulfide) groups is 1. The van der Waals surface area contributed by atoms with Crippen molar-refractivity contribution >= 4 is 23.4 Å². The van der Waals surface area contributed by atoms with E-state index in [4.69, 9.17) is 0 Å². The highest BCUT2D eigenvalue weighted by Gasteiger charge is 2.28. The Hall–Kier alpha value is -1.00. The molecule has 0 aliphatic carbocycles. The second-order valence-electron chi connectivity index (χ2n) is 4.06. The van der Waals surface area contributed by atoms with Crippen molar-refractivity contribution in [3.63, 3.8) is 0 Å². The first-order valence-electron chi connectivity index (χ1n) is 5.36. The van der Waals surface area contributed by atoms with Gasteiger partial charge < -0.3 is 10.6 Å². The van der Waals surface area contributed by atoms with Crippen LogP contribution < -0.4 is 10.6 Å². The Labute approximate surface area is 100.0 Å². The SMILES string of the molecule is CNCC1Sc2c(C)ccc(C)c2NC1=O. The summed E-state index contributed by atoms with van der Waals surface area (Å²) in [5.41, 5.74) is 3.35. The first kappa shape index (κ1) is 11.5. The van der Waals surface area contributed by atoms with Gasteiger partial charge in [-0.05, 0) is 32.0 Å². The van der Waals surface area contributed by atoms with E-state index in [9.17, 15) is 4.79 Å². The summed E-state index contributed by atoms with van der Waals surface area (Å²) in [4.78, 5) is 13.0. The summed E-state index contributed by atoms with van der Waals surface area (Å²) in [5, 5.41) is 6.03. The van der Waals surface area contributed by atoms with E-state index < -0.39 is 0 Å².